The smallest absolute Gasteiger partial charge is 0.293 e. The fraction of sp³-hybridized carbons (Fsp3) is 0.700. The number of Topliss-reactive ketones (excluding diaryl/α,β-unsaturated/α-hetero) is 1. The van der Waals surface area contributed by atoms with E-state index in [4.69, 9.17) is 0 Å². The largest absolute Gasteiger partial charge is 0.407 e. The van der Waals surface area contributed by atoms with Gasteiger partial charge < -0.3 is 0 Å². The van der Waals surface area contributed by atoms with Crippen molar-refractivity contribution in [1.29, 1.82) is 0 Å². The predicted octanol–water partition coefficient (Wildman–Crippen LogP) is 3.80. The molecule has 7 heteroatoms. The van der Waals surface area contributed by atoms with Crippen LogP contribution in [-0.2, 0) is 4.79 Å². The lowest BCUT2D eigenvalue weighted by Gasteiger charge is -2.23. The molecule has 0 aromatic heterocycles. The highest BCUT2D eigenvalue weighted by molar-refractivity contribution is 5.98. The van der Waals surface area contributed by atoms with Crippen molar-refractivity contribution in [2.24, 2.45) is 5.92 Å². The molecule has 0 N–H and O–H groups in total. The summed E-state index contributed by atoms with van der Waals surface area (Å²) in [7, 11) is 0. The predicted molar refractivity (Wildman–Crippen MR) is 47.2 cm³/mol. The maximum Gasteiger partial charge on any atom is 0.407 e. The van der Waals surface area contributed by atoms with E-state index in [1.54, 1.807) is 0 Å². The first-order chi connectivity index (χ1) is 7.64. The molecular weight excluding hydrogens is 250 g/mol. The molecule has 0 amide bonds. The molecule has 0 atom stereocenters. The molecule has 17 heavy (non-hydrogen) atoms. The van der Waals surface area contributed by atoms with Crippen molar-refractivity contribution in [1.82, 2.24) is 0 Å². The Bertz CT molecular complexity index is 311. The Morgan fingerprint density at radius 3 is 1.94 bits per heavy atom. The minimum absolute atomic E-state index is 0.0124. The van der Waals surface area contributed by atoms with E-state index in [0.29, 0.717) is 19.3 Å². The lowest BCUT2D eigenvalue weighted by atomic mass is 9.89. The van der Waals surface area contributed by atoms with Gasteiger partial charge in [-0.3, -0.25) is 4.79 Å². The number of carbonyl (C=O) groups is 1. The van der Waals surface area contributed by atoms with Crippen LogP contribution in [0.2, 0.25) is 0 Å². The number of hydrogen-bond donors (Lipinski definition) is 0. The van der Waals surface area contributed by atoms with Crippen molar-refractivity contribution in [3.05, 3.63) is 11.6 Å². The number of allylic oxidation sites excluding steroid dienone is 2. The zero-order chi connectivity index (χ0) is 13.3. The van der Waals surface area contributed by atoms with E-state index in [9.17, 15) is 31.1 Å². The molecule has 0 unspecified atom stereocenters. The third-order valence-corrected chi connectivity index (χ3v) is 2.52. The van der Waals surface area contributed by atoms with Gasteiger partial charge in [0, 0.05) is 0 Å². The number of halogens is 6. The fourth-order valence-electron chi connectivity index (χ4n) is 1.73. The Morgan fingerprint density at radius 2 is 1.59 bits per heavy atom. The molecule has 0 spiro atoms. The zero-order valence-electron chi connectivity index (χ0n) is 8.66. The van der Waals surface area contributed by atoms with E-state index >= 15 is 0 Å². The van der Waals surface area contributed by atoms with Gasteiger partial charge in [0.05, 0.1) is 0 Å². The van der Waals surface area contributed by atoms with Crippen molar-refractivity contribution in [2.75, 3.05) is 0 Å². The van der Waals surface area contributed by atoms with Gasteiger partial charge in [-0.25, -0.2) is 0 Å². The van der Waals surface area contributed by atoms with Gasteiger partial charge in [-0.1, -0.05) is 6.08 Å². The first-order valence-electron chi connectivity index (χ1n) is 5.00. The van der Waals surface area contributed by atoms with Crippen LogP contribution in [0, 0.1) is 5.92 Å². The fourth-order valence-corrected chi connectivity index (χ4v) is 1.73. The lowest BCUT2D eigenvalue weighted by molar-refractivity contribution is -0.272. The summed E-state index contributed by atoms with van der Waals surface area (Å²) in [5, 5.41) is 0. The van der Waals surface area contributed by atoms with Crippen LogP contribution in [0.5, 0.6) is 0 Å². The standard InChI is InChI=1S/C10H10F6O/c11-9(12,13)8(10(14,15)16)7(17)6-4-2-1-3-5-6/h4,8H,1-3,5H2. The van der Waals surface area contributed by atoms with Gasteiger partial charge in [-0.2, -0.15) is 26.3 Å². The van der Waals surface area contributed by atoms with Gasteiger partial charge in [0.15, 0.2) is 5.78 Å². The molecule has 0 bridgehead atoms. The van der Waals surface area contributed by atoms with Crippen molar-refractivity contribution < 1.29 is 31.1 Å². The van der Waals surface area contributed by atoms with Crippen molar-refractivity contribution >= 4 is 5.78 Å². The van der Waals surface area contributed by atoms with Crippen LogP contribution in [0.25, 0.3) is 0 Å². The van der Waals surface area contributed by atoms with Gasteiger partial charge in [0.1, 0.15) is 0 Å². The van der Waals surface area contributed by atoms with Crippen molar-refractivity contribution in [2.45, 2.75) is 38.0 Å². The summed E-state index contributed by atoms with van der Waals surface area (Å²) in [4.78, 5) is 11.3. The Morgan fingerprint density at radius 1 is 1.06 bits per heavy atom. The second kappa shape index (κ2) is 4.70. The number of carbonyl (C=O) groups excluding carboxylic acids is 1. The summed E-state index contributed by atoms with van der Waals surface area (Å²) in [6.45, 7) is 0. The third-order valence-electron chi connectivity index (χ3n) is 2.52. The van der Waals surface area contributed by atoms with E-state index in [1.165, 1.54) is 6.08 Å². The summed E-state index contributed by atoms with van der Waals surface area (Å²) >= 11 is 0. The highest BCUT2D eigenvalue weighted by Crippen LogP contribution is 2.42. The minimum Gasteiger partial charge on any atom is -0.293 e. The first-order valence-corrected chi connectivity index (χ1v) is 5.00. The van der Waals surface area contributed by atoms with Crippen LogP contribution in [0.4, 0.5) is 26.3 Å². The molecule has 1 rings (SSSR count). The highest BCUT2D eigenvalue weighted by atomic mass is 19.4. The molecule has 98 valence electrons. The normalized spacial score (nSPS) is 18.2. The molecule has 0 heterocycles. The maximum absolute atomic E-state index is 12.3. The highest BCUT2D eigenvalue weighted by Gasteiger charge is 2.61. The van der Waals surface area contributed by atoms with Crippen LogP contribution in [0.15, 0.2) is 11.6 Å². The summed E-state index contributed by atoms with van der Waals surface area (Å²) in [6, 6.07) is 0. The van der Waals surface area contributed by atoms with E-state index in [-0.39, 0.29) is 12.0 Å². The summed E-state index contributed by atoms with van der Waals surface area (Å²) in [5.74, 6) is -5.75. The zero-order valence-corrected chi connectivity index (χ0v) is 8.66. The molecule has 0 fully saturated rings. The number of alkyl halides is 6. The van der Waals surface area contributed by atoms with E-state index in [1.807, 2.05) is 0 Å². The maximum atomic E-state index is 12.3. The summed E-state index contributed by atoms with van der Waals surface area (Å²) in [5.41, 5.74) is -0.351. The Kier molecular flexibility index (Phi) is 3.88. The molecule has 0 radical (unpaired) electrons. The minimum atomic E-state index is -5.59. The van der Waals surface area contributed by atoms with Crippen LogP contribution in [0.3, 0.4) is 0 Å². The molecule has 1 aliphatic rings. The SMILES string of the molecule is O=C(C1=CCCCC1)C(C(F)(F)F)C(F)(F)F. The Balaban J connectivity index is 2.99. The van der Waals surface area contributed by atoms with Crippen molar-refractivity contribution in [3.63, 3.8) is 0 Å². The number of ketones is 1. The Labute approximate surface area is 93.5 Å². The van der Waals surface area contributed by atoms with Gasteiger partial charge in [-0.15, -0.1) is 0 Å². The number of rotatable bonds is 2. The van der Waals surface area contributed by atoms with Gasteiger partial charge in [0.25, 0.3) is 0 Å². The molecule has 1 aliphatic carbocycles. The van der Waals surface area contributed by atoms with Crippen molar-refractivity contribution in [3.8, 4) is 0 Å². The van der Waals surface area contributed by atoms with Gasteiger partial charge in [0.2, 0.25) is 5.92 Å². The van der Waals surface area contributed by atoms with Crippen LogP contribution in [0.1, 0.15) is 25.7 Å². The average Bonchev–Trinajstić information content (AvgIpc) is 2.14. The van der Waals surface area contributed by atoms with Crippen LogP contribution >= 0.6 is 0 Å². The molecule has 0 aromatic carbocycles. The first kappa shape index (κ1) is 14.1. The molecule has 0 saturated heterocycles. The Hall–Kier alpha value is -1.01. The summed E-state index contributed by atoms with van der Waals surface area (Å²) in [6.07, 6.45) is -8.54. The van der Waals surface area contributed by atoms with E-state index in [2.05, 4.69) is 0 Å². The second-order valence-electron chi connectivity index (χ2n) is 3.86. The molecular formula is C10H10F6O. The monoisotopic (exact) mass is 260 g/mol. The lowest BCUT2D eigenvalue weighted by Crippen LogP contribution is -2.43. The molecule has 0 aliphatic heterocycles. The van der Waals surface area contributed by atoms with Gasteiger partial charge in [-0.05, 0) is 31.3 Å². The molecule has 0 saturated carbocycles. The van der Waals surface area contributed by atoms with Gasteiger partial charge >= 0.3 is 12.4 Å². The van der Waals surface area contributed by atoms with Crippen LogP contribution < -0.4 is 0 Å². The quantitative estimate of drug-likeness (QED) is 0.690. The molecule has 1 nitrogen and oxygen atoms in total. The number of hydrogen-bond acceptors (Lipinski definition) is 1. The topological polar surface area (TPSA) is 17.1 Å². The van der Waals surface area contributed by atoms with E-state index in [0.717, 1.165) is 0 Å². The summed E-state index contributed by atoms with van der Waals surface area (Å²) < 4.78 is 73.5. The second-order valence-corrected chi connectivity index (χ2v) is 3.86. The van der Waals surface area contributed by atoms with Crippen LogP contribution in [-0.4, -0.2) is 18.1 Å². The van der Waals surface area contributed by atoms with E-state index < -0.39 is 24.1 Å². The average molecular weight is 260 g/mol. The third kappa shape index (κ3) is 3.47. The molecule has 0 aromatic rings.